The van der Waals surface area contributed by atoms with Crippen LogP contribution in [0.3, 0.4) is 0 Å². The summed E-state index contributed by atoms with van der Waals surface area (Å²) in [5, 5.41) is 21.5. The maximum absolute atomic E-state index is 12.3. The van der Waals surface area contributed by atoms with Crippen molar-refractivity contribution in [2.24, 2.45) is 17.3 Å². The zero-order valence-electron chi connectivity index (χ0n) is 34.4. The summed E-state index contributed by atoms with van der Waals surface area (Å²) in [4.78, 5) is 45.8. The van der Waals surface area contributed by atoms with Crippen LogP contribution in [-0.4, -0.2) is 120 Å². The Morgan fingerprint density at radius 2 is 1.04 bits per heavy atom. The summed E-state index contributed by atoms with van der Waals surface area (Å²) < 4.78 is 44.9. The van der Waals surface area contributed by atoms with Gasteiger partial charge in [-0.2, -0.15) is 8.42 Å². The van der Waals surface area contributed by atoms with Gasteiger partial charge in [-0.1, -0.05) is 92.2 Å². The van der Waals surface area contributed by atoms with Crippen molar-refractivity contribution < 1.29 is 60.8 Å². The molecule has 0 radical (unpaired) electrons. The highest BCUT2D eigenvalue weighted by molar-refractivity contribution is 7.87. The van der Waals surface area contributed by atoms with Gasteiger partial charge in [-0.3, -0.25) is 4.55 Å². The molecule has 52 heavy (non-hydrogen) atoms. The van der Waals surface area contributed by atoms with E-state index in [1.54, 1.807) is 13.8 Å². The van der Waals surface area contributed by atoms with Crippen molar-refractivity contribution in [3.63, 3.8) is 0 Å². The SMILES string of the molecule is C=C(C)C(=O)OCC[N+](C)(C)C.C=C(C)C(=O)OCC[N+](C)(C)C.CCCCC(CC)CC(CC(CC)CCCC)(C(=O)[O-])C(C(=O)[O-])S(=O)(=O)O. The van der Waals surface area contributed by atoms with E-state index in [0.717, 1.165) is 47.7 Å². The molecule has 0 aromatic carbocycles. The molecule has 0 heterocycles. The van der Waals surface area contributed by atoms with E-state index in [9.17, 15) is 42.4 Å². The normalized spacial score (nSPS) is 14.5. The van der Waals surface area contributed by atoms with Crippen LogP contribution in [0.4, 0.5) is 0 Å². The summed E-state index contributed by atoms with van der Waals surface area (Å²) in [7, 11) is 7.10. The second kappa shape index (κ2) is 26.0. The number of hydrogen-bond acceptors (Lipinski definition) is 10. The summed E-state index contributed by atoms with van der Waals surface area (Å²) in [6.45, 7) is 20.5. The van der Waals surface area contributed by atoms with Crippen molar-refractivity contribution in [3.05, 3.63) is 24.3 Å². The minimum absolute atomic E-state index is 0.174. The van der Waals surface area contributed by atoms with Crippen LogP contribution >= 0.6 is 0 Å². The number of rotatable bonds is 24. The van der Waals surface area contributed by atoms with Gasteiger partial charge in [0.25, 0.3) is 10.1 Å². The van der Waals surface area contributed by atoms with Crippen LogP contribution in [0, 0.1) is 17.3 Å². The Morgan fingerprint density at radius 1 is 0.712 bits per heavy atom. The lowest BCUT2D eigenvalue weighted by atomic mass is 9.68. The standard InChI is InChI=1S/C20H38O7S.2C9H18NO2/c1-5-9-11-15(7-3)13-20(19(23)24,14-16(8-4)12-10-6-2)17(18(21)22)28(25,26)27;2*1-8(2)9(11)12-7-6-10(3,4)5/h15-17H,5-14H2,1-4H3,(H,21,22)(H,23,24)(H,25,26,27);2*1,6-7H2,2-5H3/q;2*+1/p-2. The fourth-order valence-electron chi connectivity index (χ4n) is 5.19. The zero-order chi connectivity index (χ0) is 41.5. The molecule has 0 fully saturated rings. The third kappa shape index (κ3) is 25.2. The second-order valence-corrected chi connectivity index (χ2v) is 17.3. The molecule has 3 atom stereocenters. The number of ether oxygens (including phenoxy) is 2. The summed E-state index contributed by atoms with van der Waals surface area (Å²) in [6.07, 6.45) is 5.50. The fraction of sp³-hybridized carbons (Fsp3) is 0.789. The van der Waals surface area contributed by atoms with Gasteiger partial charge in [0.1, 0.15) is 31.6 Å². The first kappa shape index (κ1) is 53.5. The highest BCUT2D eigenvalue weighted by Gasteiger charge is 2.49. The quantitative estimate of drug-likeness (QED) is 0.0656. The first-order valence-electron chi connectivity index (χ1n) is 18.3. The number of carboxylic acid groups (broad SMARTS) is 2. The van der Waals surface area contributed by atoms with Crippen LogP contribution in [0.25, 0.3) is 0 Å². The average Bonchev–Trinajstić information content (AvgIpc) is 2.99. The molecule has 0 aliphatic carbocycles. The lowest BCUT2D eigenvalue weighted by Gasteiger charge is -2.44. The smallest absolute Gasteiger partial charge is 0.333 e. The van der Waals surface area contributed by atoms with Crippen molar-refractivity contribution >= 4 is 34.0 Å². The Morgan fingerprint density at radius 3 is 1.23 bits per heavy atom. The molecular weight excluding hydrogens is 692 g/mol. The summed E-state index contributed by atoms with van der Waals surface area (Å²) in [5.74, 6) is -4.83. The molecule has 0 spiro atoms. The summed E-state index contributed by atoms with van der Waals surface area (Å²) in [6, 6.07) is 0. The number of aliphatic carboxylic acids is 2. The first-order valence-corrected chi connectivity index (χ1v) is 19.8. The van der Waals surface area contributed by atoms with E-state index in [-0.39, 0.29) is 36.6 Å². The summed E-state index contributed by atoms with van der Waals surface area (Å²) in [5.41, 5.74) is -1.32. The van der Waals surface area contributed by atoms with Gasteiger partial charge in [-0.05, 0) is 38.5 Å². The van der Waals surface area contributed by atoms with E-state index in [1.165, 1.54) is 0 Å². The Kier molecular flexibility index (Phi) is 26.8. The highest BCUT2D eigenvalue weighted by atomic mass is 32.2. The molecule has 14 heteroatoms. The number of quaternary nitrogens is 2. The van der Waals surface area contributed by atoms with Crippen LogP contribution in [0.1, 0.15) is 106 Å². The van der Waals surface area contributed by atoms with Crippen molar-refractivity contribution in [1.29, 1.82) is 0 Å². The molecule has 1 N–H and O–H groups in total. The molecule has 0 aliphatic heterocycles. The topological polar surface area (TPSA) is 187 Å². The third-order valence-corrected chi connectivity index (χ3v) is 9.74. The lowest BCUT2D eigenvalue weighted by Crippen LogP contribution is -2.60. The van der Waals surface area contributed by atoms with Gasteiger partial charge in [0.05, 0.1) is 48.3 Å². The van der Waals surface area contributed by atoms with E-state index >= 15 is 0 Å². The fourth-order valence-corrected chi connectivity index (χ4v) is 6.29. The zero-order valence-corrected chi connectivity index (χ0v) is 35.2. The molecule has 0 aliphatic rings. The van der Waals surface area contributed by atoms with Crippen molar-refractivity contribution in [2.75, 3.05) is 68.6 Å². The van der Waals surface area contributed by atoms with E-state index in [4.69, 9.17) is 9.47 Å². The molecular formula is C38H72N2O11S. The molecule has 0 rings (SSSR count). The molecule has 3 unspecified atom stereocenters. The number of unbranched alkanes of at least 4 members (excludes halogenated alkanes) is 2. The van der Waals surface area contributed by atoms with E-state index < -0.39 is 32.7 Å². The number of likely N-dealkylation sites (N-methyl/N-ethyl adjacent to an activating group) is 2. The Balaban J connectivity index is -0.000000821. The van der Waals surface area contributed by atoms with E-state index in [2.05, 4.69) is 55.4 Å². The molecule has 0 saturated carbocycles. The second-order valence-electron chi connectivity index (χ2n) is 15.8. The highest BCUT2D eigenvalue weighted by Crippen LogP contribution is 2.43. The van der Waals surface area contributed by atoms with Gasteiger partial charge < -0.3 is 38.2 Å². The minimum atomic E-state index is -5.20. The van der Waals surface area contributed by atoms with Crippen LogP contribution < -0.4 is 10.2 Å². The van der Waals surface area contributed by atoms with Crippen molar-refractivity contribution in [1.82, 2.24) is 0 Å². The predicted molar refractivity (Wildman–Crippen MR) is 201 cm³/mol. The van der Waals surface area contributed by atoms with Crippen LogP contribution in [0.5, 0.6) is 0 Å². The molecule has 0 amide bonds. The lowest BCUT2D eigenvalue weighted by molar-refractivity contribution is -0.870. The third-order valence-electron chi connectivity index (χ3n) is 8.50. The number of nitrogens with zero attached hydrogens (tertiary/aromatic N) is 2. The maximum atomic E-state index is 12.3. The average molecular weight is 765 g/mol. The number of carbonyl (C=O) groups excluding carboxylic acids is 4. The van der Waals surface area contributed by atoms with Crippen molar-refractivity contribution in [3.8, 4) is 0 Å². The molecule has 0 bridgehead atoms. The molecule has 0 saturated heterocycles. The Hall–Kier alpha value is -2.81. The van der Waals surface area contributed by atoms with Gasteiger partial charge in [0.15, 0.2) is 0 Å². The Bertz CT molecular complexity index is 1160. The maximum Gasteiger partial charge on any atom is 0.333 e. The molecule has 0 aromatic heterocycles. The largest absolute Gasteiger partial charge is 0.549 e. The van der Waals surface area contributed by atoms with Gasteiger partial charge in [-0.15, -0.1) is 0 Å². The number of carbonyl (C=O) groups is 4. The Labute approximate surface area is 315 Å². The minimum Gasteiger partial charge on any atom is -0.549 e. The van der Waals surface area contributed by atoms with Crippen LogP contribution in [0.2, 0.25) is 0 Å². The predicted octanol–water partition coefficient (Wildman–Crippen LogP) is 3.57. The van der Waals surface area contributed by atoms with Gasteiger partial charge >= 0.3 is 11.9 Å². The number of esters is 2. The van der Waals surface area contributed by atoms with Crippen LogP contribution in [-0.2, 0) is 38.8 Å². The van der Waals surface area contributed by atoms with E-state index in [1.807, 2.05) is 27.7 Å². The van der Waals surface area contributed by atoms with Gasteiger partial charge in [0, 0.05) is 22.5 Å². The summed E-state index contributed by atoms with van der Waals surface area (Å²) >= 11 is 0. The van der Waals surface area contributed by atoms with Crippen LogP contribution in [0.15, 0.2) is 24.3 Å². The van der Waals surface area contributed by atoms with Gasteiger partial charge in [0.2, 0.25) is 0 Å². The molecule has 13 nitrogen and oxygen atoms in total. The molecule has 0 aromatic rings. The monoisotopic (exact) mass is 764 g/mol. The van der Waals surface area contributed by atoms with Gasteiger partial charge in [-0.25, -0.2) is 9.59 Å². The number of carboxylic acids is 2. The first-order chi connectivity index (χ1) is 23.6. The van der Waals surface area contributed by atoms with Crippen molar-refractivity contribution in [2.45, 2.75) is 111 Å². The van der Waals surface area contributed by atoms with E-state index in [0.29, 0.717) is 50.0 Å². The number of hydrogen-bond donors (Lipinski definition) is 1. The molecule has 306 valence electrons.